The average molecular weight is 258 g/mol. The van der Waals surface area contributed by atoms with Crippen molar-refractivity contribution in [3.63, 3.8) is 0 Å². The number of carbonyl (C=O) groups is 1. The van der Waals surface area contributed by atoms with Gasteiger partial charge in [0.1, 0.15) is 17.1 Å². The molecule has 19 heavy (non-hydrogen) atoms. The first kappa shape index (κ1) is 11.8. The maximum absolute atomic E-state index is 11.3. The zero-order chi connectivity index (χ0) is 13.2. The van der Waals surface area contributed by atoms with Crippen molar-refractivity contribution in [2.75, 3.05) is 4.90 Å². The first-order valence-corrected chi connectivity index (χ1v) is 6.23. The van der Waals surface area contributed by atoms with Gasteiger partial charge >= 0.3 is 5.97 Å². The van der Waals surface area contributed by atoms with Crippen molar-refractivity contribution in [3.8, 4) is 0 Å². The number of hydrogen-bond acceptors (Lipinski definition) is 4. The number of aromatic carboxylic acids is 1. The molecule has 1 fully saturated rings. The number of rotatable bonds is 5. The highest BCUT2D eigenvalue weighted by Gasteiger charge is 2.32. The second kappa shape index (κ2) is 4.76. The molecular weight excluding hydrogens is 244 g/mol. The summed E-state index contributed by atoms with van der Waals surface area (Å²) in [6.45, 7) is 0.551. The summed E-state index contributed by atoms with van der Waals surface area (Å²) in [6, 6.07) is 7.31. The van der Waals surface area contributed by atoms with Crippen LogP contribution in [0.3, 0.4) is 0 Å². The van der Waals surface area contributed by atoms with E-state index in [1.54, 1.807) is 24.6 Å². The van der Waals surface area contributed by atoms with Crippen molar-refractivity contribution in [2.45, 2.75) is 25.4 Å². The molecule has 0 amide bonds. The van der Waals surface area contributed by atoms with Gasteiger partial charge in [0.05, 0.1) is 12.8 Å². The van der Waals surface area contributed by atoms with Crippen molar-refractivity contribution in [1.82, 2.24) is 4.98 Å². The molecule has 3 rings (SSSR count). The van der Waals surface area contributed by atoms with Crippen molar-refractivity contribution in [1.29, 1.82) is 0 Å². The van der Waals surface area contributed by atoms with Gasteiger partial charge in [0.15, 0.2) is 0 Å². The zero-order valence-corrected chi connectivity index (χ0v) is 10.3. The highest BCUT2D eigenvalue weighted by molar-refractivity contribution is 5.93. The summed E-state index contributed by atoms with van der Waals surface area (Å²) >= 11 is 0. The average Bonchev–Trinajstić information content (AvgIpc) is 3.13. The SMILES string of the molecule is O=C(O)c1cccnc1N(Cc1ccco1)C1CC1. The highest BCUT2D eigenvalue weighted by Crippen LogP contribution is 2.33. The molecule has 0 bridgehead atoms. The van der Waals surface area contributed by atoms with Crippen LogP contribution >= 0.6 is 0 Å². The minimum Gasteiger partial charge on any atom is -0.478 e. The molecule has 2 aromatic rings. The number of nitrogens with zero attached hydrogens (tertiary/aromatic N) is 2. The van der Waals surface area contributed by atoms with Crippen LogP contribution in [-0.2, 0) is 6.54 Å². The summed E-state index contributed by atoms with van der Waals surface area (Å²) < 4.78 is 5.35. The van der Waals surface area contributed by atoms with Crippen LogP contribution in [0.2, 0.25) is 0 Å². The lowest BCUT2D eigenvalue weighted by Crippen LogP contribution is -2.27. The molecule has 1 saturated carbocycles. The van der Waals surface area contributed by atoms with Crippen LogP contribution in [0, 0.1) is 0 Å². The molecule has 0 aromatic carbocycles. The topological polar surface area (TPSA) is 66.6 Å². The number of carboxylic acids is 1. The van der Waals surface area contributed by atoms with E-state index >= 15 is 0 Å². The van der Waals surface area contributed by atoms with Gasteiger partial charge < -0.3 is 14.4 Å². The Bertz CT molecular complexity index is 576. The summed E-state index contributed by atoms with van der Waals surface area (Å²) in [4.78, 5) is 17.5. The molecule has 1 aliphatic carbocycles. The van der Waals surface area contributed by atoms with E-state index in [-0.39, 0.29) is 5.56 Å². The lowest BCUT2D eigenvalue weighted by atomic mass is 10.2. The van der Waals surface area contributed by atoms with E-state index in [4.69, 9.17) is 4.42 Å². The minimum atomic E-state index is -0.951. The second-order valence-corrected chi connectivity index (χ2v) is 4.62. The molecule has 98 valence electrons. The Balaban J connectivity index is 1.94. The Morgan fingerprint density at radius 3 is 2.89 bits per heavy atom. The van der Waals surface area contributed by atoms with Crippen LogP contribution in [0.4, 0.5) is 5.82 Å². The van der Waals surface area contributed by atoms with E-state index in [0.29, 0.717) is 18.4 Å². The lowest BCUT2D eigenvalue weighted by Gasteiger charge is -2.23. The fourth-order valence-corrected chi connectivity index (χ4v) is 2.13. The molecule has 0 spiro atoms. The van der Waals surface area contributed by atoms with E-state index < -0.39 is 5.97 Å². The smallest absolute Gasteiger partial charge is 0.339 e. The third-order valence-corrected chi connectivity index (χ3v) is 3.18. The van der Waals surface area contributed by atoms with Gasteiger partial charge in [-0.3, -0.25) is 0 Å². The molecule has 0 radical (unpaired) electrons. The molecule has 2 heterocycles. The number of pyridine rings is 1. The first-order chi connectivity index (χ1) is 9.25. The van der Waals surface area contributed by atoms with Gasteiger partial charge in [-0.1, -0.05) is 0 Å². The molecule has 0 atom stereocenters. The molecule has 2 aromatic heterocycles. The van der Waals surface area contributed by atoms with Crippen molar-refractivity contribution in [3.05, 3.63) is 48.0 Å². The van der Waals surface area contributed by atoms with Gasteiger partial charge in [0, 0.05) is 12.2 Å². The minimum absolute atomic E-state index is 0.237. The Morgan fingerprint density at radius 2 is 2.26 bits per heavy atom. The van der Waals surface area contributed by atoms with E-state index in [1.165, 1.54) is 0 Å². The zero-order valence-electron chi connectivity index (χ0n) is 10.3. The van der Waals surface area contributed by atoms with Crippen molar-refractivity contribution >= 4 is 11.8 Å². The Morgan fingerprint density at radius 1 is 1.42 bits per heavy atom. The quantitative estimate of drug-likeness (QED) is 0.892. The fourth-order valence-electron chi connectivity index (χ4n) is 2.13. The second-order valence-electron chi connectivity index (χ2n) is 4.62. The number of furan rings is 1. The van der Waals surface area contributed by atoms with Crippen LogP contribution in [-0.4, -0.2) is 22.1 Å². The summed E-state index contributed by atoms with van der Waals surface area (Å²) in [7, 11) is 0. The van der Waals surface area contributed by atoms with E-state index in [2.05, 4.69) is 4.98 Å². The van der Waals surface area contributed by atoms with Crippen LogP contribution in [0.5, 0.6) is 0 Å². The Labute approximate surface area is 110 Å². The van der Waals surface area contributed by atoms with Gasteiger partial charge in [-0.05, 0) is 37.1 Å². The number of aromatic nitrogens is 1. The monoisotopic (exact) mass is 258 g/mol. The molecule has 5 nitrogen and oxygen atoms in total. The van der Waals surface area contributed by atoms with Gasteiger partial charge in [0.2, 0.25) is 0 Å². The molecule has 1 aliphatic rings. The maximum atomic E-state index is 11.3. The van der Waals surface area contributed by atoms with Gasteiger partial charge in [0.25, 0.3) is 0 Å². The molecule has 1 N–H and O–H groups in total. The van der Waals surface area contributed by atoms with E-state index in [1.807, 2.05) is 17.0 Å². The van der Waals surface area contributed by atoms with Crippen LogP contribution < -0.4 is 4.90 Å². The van der Waals surface area contributed by atoms with Gasteiger partial charge in [-0.25, -0.2) is 9.78 Å². The number of hydrogen-bond donors (Lipinski definition) is 1. The predicted octanol–water partition coefficient (Wildman–Crippen LogP) is 2.54. The largest absolute Gasteiger partial charge is 0.478 e. The highest BCUT2D eigenvalue weighted by atomic mass is 16.4. The van der Waals surface area contributed by atoms with Gasteiger partial charge in [-0.2, -0.15) is 0 Å². The summed E-state index contributed by atoms with van der Waals surface area (Å²) in [6.07, 6.45) is 5.38. The Kier molecular flexibility index (Phi) is 2.95. The van der Waals surface area contributed by atoms with Crippen molar-refractivity contribution < 1.29 is 14.3 Å². The fraction of sp³-hybridized carbons (Fsp3) is 0.286. The predicted molar refractivity (Wildman–Crippen MR) is 69.1 cm³/mol. The third-order valence-electron chi connectivity index (χ3n) is 3.18. The first-order valence-electron chi connectivity index (χ1n) is 6.23. The summed E-state index contributed by atoms with van der Waals surface area (Å²) in [5, 5.41) is 9.25. The summed E-state index contributed by atoms with van der Waals surface area (Å²) in [5.74, 6) is 0.385. The van der Waals surface area contributed by atoms with Crippen LogP contribution in [0.1, 0.15) is 29.0 Å². The molecule has 5 heteroatoms. The number of anilines is 1. The van der Waals surface area contributed by atoms with Crippen LogP contribution in [0.15, 0.2) is 41.1 Å². The van der Waals surface area contributed by atoms with E-state index in [0.717, 1.165) is 18.6 Å². The molecule has 0 aliphatic heterocycles. The maximum Gasteiger partial charge on any atom is 0.339 e. The van der Waals surface area contributed by atoms with Gasteiger partial charge in [-0.15, -0.1) is 0 Å². The Hall–Kier alpha value is -2.30. The van der Waals surface area contributed by atoms with Crippen molar-refractivity contribution in [2.24, 2.45) is 0 Å². The van der Waals surface area contributed by atoms with Crippen LogP contribution in [0.25, 0.3) is 0 Å². The lowest BCUT2D eigenvalue weighted by molar-refractivity contribution is 0.0697. The third kappa shape index (κ3) is 2.45. The normalized spacial score (nSPS) is 14.3. The molecular formula is C14H14N2O3. The number of carboxylic acid groups (broad SMARTS) is 1. The molecule has 0 saturated heterocycles. The molecule has 0 unspecified atom stereocenters. The standard InChI is InChI=1S/C14H14N2O3/c17-14(18)12-4-1-7-15-13(12)16(10-5-6-10)9-11-3-2-8-19-11/h1-4,7-8,10H,5-6,9H2,(H,17,18). The summed E-state index contributed by atoms with van der Waals surface area (Å²) in [5.41, 5.74) is 0.237. The van der Waals surface area contributed by atoms with E-state index in [9.17, 15) is 9.90 Å².